The topological polar surface area (TPSA) is 99.3 Å². The Morgan fingerprint density at radius 2 is 1.64 bits per heavy atom. The van der Waals surface area contributed by atoms with Gasteiger partial charge in [0.2, 0.25) is 0 Å². The van der Waals surface area contributed by atoms with Gasteiger partial charge in [0.15, 0.2) is 5.65 Å². The van der Waals surface area contributed by atoms with E-state index in [4.69, 9.17) is 0 Å². The van der Waals surface area contributed by atoms with Crippen molar-refractivity contribution in [3.05, 3.63) is 73.6 Å². The number of aromatic nitrogens is 7. The third-order valence-corrected chi connectivity index (χ3v) is 5.75. The van der Waals surface area contributed by atoms with Crippen molar-refractivity contribution in [2.75, 3.05) is 19.0 Å². The minimum Gasteiger partial charge on any atom is -0.376 e. The van der Waals surface area contributed by atoms with E-state index in [1.165, 1.54) is 0 Å². The highest BCUT2D eigenvalue weighted by molar-refractivity contribution is 5.99. The van der Waals surface area contributed by atoms with Crippen LogP contribution in [0.25, 0.3) is 55.7 Å². The van der Waals surface area contributed by atoms with Crippen LogP contribution in [0.2, 0.25) is 0 Å². The van der Waals surface area contributed by atoms with E-state index in [0.29, 0.717) is 0 Å². The SMILES string of the molecule is CN(C)c1cncc(-c2cnc3[nH]nc(-c4cc5c(-c6cccnc6)ccnc5[nH]4)c3c2)c1. The fraction of sp³-hybridized carbons (Fsp3) is 0.0800. The predicted molar refractivity (Wildman–Crippen MR) is 130 cm³/mol. The van der Waals surface area contributed by atoms with Gasteiger partial charge in [-0.3, -0.25) is 15.1 Å². The minimum absolute atomic E-state index is 0.726. The van der Waals surface area contributed by atoms with Gasteiger partial charge in [-0.05, 0) is 35.9 Å². The first-order valence-corrected chi connectivity index (χ1v) is 10.5. The Bertz CT molecular complexity index is 1600. The maximum Gasteiger partial charge on any atom is 0.155 e. The van der Waals surface area contributed by atoms with E-state index in [0.717, 1.165) is 61.4 Å². The number of nitrogens with one attached hydrogen (secondary N) is 2. The molecule has 6 aromatic rings. The van der Waals surface area contributed by atoms with Crippen molar-refractivity contribution in [3.63, 3.8) is 0 Å². The van der Waals surface area contributed by atoms with Crippen molar-refractivity contribution >= 4 is 27.8 Å². The summed E-state index contributed by atoms with van der Waals surface area (Å²) in [6, 6.07) is 12.3. The van der Waals surface area contributed by atoms with Gasteiger partial charge in [-0.15, -0.1) is 0 Å². The Labute approximate surface area is 189 Å². The number of aromatic amines is 2. The molecule has 0 unspecified atom stereocenters. The van der Waals surface area contributed by atoms with Crippen LogP contribution >= 0.6 is 0 Å². The molecule has 0 saturated heterocycles. The Morgan fingerprint density at radius 3 is 2.48 bits per heavy atom. The smallest absolute Gasteiger partial charge is 0.155 e. The van der Waals surface area contributed by atoms with Gasteiger partial charge in [-0.25, -0.2) is 9.97 Å². The zero-order valence-corrected chi connectivity index (χ0v) is 18.1. The van der Waals surface area contributed by atoms with Gasteiger partial charge in [0.05, 0.1) is 17.6 Å². The quantitative estimate of drug-likeness (QED) is 0.419. The third-order valence-electron chi connectivity index (χ3n) is 5.75. The first-order valence-electron chi connectivity index (χ1n) is 10.5. The van der Waals surface area contributed by atoms with E-state index < -0.39 is 0 Å². The Morgan fingerprint density at radius 1 is 0.758 bits per heavy atom. The molecular weight excluding hydrogens is 412 g/mol. The van der Waals surface area contributed by atoms with Crippen molar-refractivity contribution in [1.29, 1.82) is 0 Å². The fourth-order valence-electron chi connectivity index (χ4n) is 4.03. The van der Waals surface area contributed by atoms with Crippen molar-refractivity contribution in [2.45, 2.75) is 0 Å². The molecule has 0 radical (unpaired) electrons. The van der Waals surface area contributed by atoms with Crippen LogP contribution in [0.4, 0.5) is 5.69 Å². The molecular formula is C25H20N8. The molecule has 160 valence electrons. The summed E-state index contributed by atoms with van der Waals surface area (Å²) in [5.74, 6) is 0. The van der Waals surface area contributed by atoms with Crippen LogP contribution < -0.4 is 4.90 Å². The molecule has 0 aliphatic rings. The second-order valence-corrected chi connectivity index (χ2v) is 8.06. The van der Waals surface area contributed by atoms with Gasteiger partial charge < -0.3 is 9.88 Å². The number of rotatable bonds is 4. The van der Waals surface area contributed by atoms with Crippen molar-refractivity contribution in [1.82, 2.24) is 35.1 Å². The number of pyridine rings is 4. The van der Waals surface area contributed by atoms with Crippen LogP contribution in [0.1, 0.15) is 0 Å². The molecule has 2 N–H and O–H groups in total. The molecule has 0 aromatic carbocycles. The minimum atomic E-state index is 0.726. The number of nitrogens with zero attached hydrogens (tertiary/aromatic N) is 6. The molecule has 6 rings (SSSR count). The zero-order valence-electron chi connectivity index (χ0n) is 18.1. The van der Waals surface area contributed by atoms with Crippen molar-refractivity contribution in [3.8, 4) is 33.6 Å². The van der Waals surface area contributed by atoms with Crippen LogP contribution in [0.15, 0.2) is 73.6 Å². The predicted octanol–water partition coefficient (Wildman–Crippen LogP) is 4.69. The molecule has 0 amide bonds. The second kappa shape index (κ2) is 7.52. The van der Waals surface area contributed by atoms with Gasteiger partial charge in [-0.1, -0.05) is 6.07 Å². The fourth-order valence-corrected chi connectivity index (χ4v) is 4.03. The lowest BCUT2D eigenvalue weighted by Crippen LogP contribution is -2.08. The molecule has 8 nitrogen and oxygen atoms in total. The summed E-state index contributed by atoms with van der Waals surface area (Å²) < 4.78 is 0. The highest BCUT2D eigenvalue weighted by atomic mass is 15.2. The first-order chi connectivity index (χ1) is 16.2. The first kappa shape index (κ1) is 19.1. The van der Waals surface area contributed by atoms with E-state index in [2.05, 4.69) is 53.3 Å². The van der Waals surface area contributed by atoms with Crippen LogP contribution in [-0.4, -0.2) is 49.2 Å². The summed E-state index contributed by atoms with van der Waals surface area (Å²) in [6.45, 7) is 0. The molecule has 0 spiro atoms. The molecule has 8 heteroatoms. The number of anilines is 1. The molecule has 0 saturated carbocycles. The number of hydrogen-bond acceptors (Lipinski definition) is 6. The standard InChI is InChI=1S/C25H20N8/c1-33(2)18-8-16(12-27-14-18)17-9-21-23(31-32-25(21)29-13-17)22-10-20-19(5-7-28-24(20)30-22)15-4-3-6-26-11-15/h3-14H,1-2H3,(H,28,30)(H,29,31,32). The van der Waals surface area contributed by atoms with E-state index in [-0.39, 0.29) is 0 Å². The molecule has 0 aliphatic carbocycles. The summed E-state index contributed by atoms with van der Waals surface area (Å²) in [5.41, 5.74) is 8.32. The lowest BCUT2D eigenvalue weighted by Gasteiger charge is -2.12. The van der Waals surface area contributed by atoms with Crippen LogP contribution in [0.3, 0.4) is 0 Å². The van der Waals surface area contributed by atoms with E-state index in [1.807, 2.05) is 62.0 Å². The maximum absolute atomic E-state index is 4.60. The average molecular weight is 432 g/mol. The molecule has 0 aliphatic heterocycles. The maximum atomic E-state index is 4.60. The summed E-state index contributed by atoms with van der Waals surface area (Å²) in [5, 5.41) is 9.56. The van der Waals surface area contributed by atoms with E-state index >= 15 is 0 Å². The second-order valence-electron chi connectivity index (χ2n) is 8.06. The van der Waals surface area contributed by atoms with Crippen LogP contribution in [0, 0.1) is 0 Å². The van der Waals surface area contributed by atoms with Crippen LogP contribution in [-0.2, 0) is 0 Å². The highest BCUT2D eigenvalue weighted by Gasteiger charge is 2.16. The number of hydrogen-bond donors (Lipinski definition) is 2. The van der Waals surface area contributed by atoms with Gasteiger partial charge in [0.25, 0.3) is 0 Å². The largest absolute Gasteiger partial charge is 0.376 e. The van der Waals surface area contributed by atoms with Crippen molar-refractivity contribution in [2.24, 2.45) is 0 Å². The summed E-state index contributed by atoms with van der Waals surface area (Å²) in [7, 11) is 4.00. The van der Waals surface area contributed by atoms with Gasteiger partial charge in [-0.2, -0.15) is 5.10 Å². The monoisotopic (exact) mass is 432 g/mol. The van der Waals surface area contributed by atoms with Crippen molar-refractivity contribution < 1.29 is 0 Å². The molecule has 0 atom stereocenters. The number of H-pyrrole nitrogens is 2. The third kappa shape index (κ3) is 3.28. The normalized spacial score (nSPS) is 11.3. The average Bonchev–Trinajstić information content (AvgIpc) is 3.48. The Kier molecular flexibility index (Phi) is 4.36. The summed E-state index contributed by atoms with van der Waals surface area (Å²) >= 11 is 0. The zero-order chi connectivity index (χ0) is 22.4. The summed E-state index contributed by atoms with van der Waals surface area (Å²) in [6.07, 6.45) is 11.0. The van der Waals surface area contributed by atoms with E-state index in [9.17, 15) is 0 Å². The molecule has 0 fully saturated rings. The molecule has 33 heavy (non-hydrogen) atoms. The Hall–Kier alpha value is -4.59. The van der Waals surface area contributed by atoms with Gasteiger partial charge >= 0.3 is 0 Å². The van der Waals surface area contributed by atoms with Gasteiger partial charge in [0, 0.05) is 72.5 Å². The Balaban J connectivity index is 1.48. The lowest BCUT2D eigenvalue weighted by molar-refractivity contribution is 1.10. The van der Waals surface area contributed by atoms with Crippen LogP contribution in [0.5, 0.6) is 0 Å². The highest BCUT2D eigenvalue weighted by Crippen LogP contribution is 2.34. The van der Waals surface area contributed by atoms with Gasteiger partial charge in [0.1, 0.15) is 11.3 Å². The molecule has 6 aromatic heterocycles. The summed E-state index contributed by atoms with van der Waals surface area (Å²) in [4.78, 5) is 23.2. The lowest BCUT2D eigenvalue weighted by atomic mass is 10.0. The molecule has 6 heterocycles. The number of fused-ring (bicyclic) bond motifs is 2. The van der Waals surface area contributed by atoms with E-state index in [1.54, 1.807) is 12.4 Å². The molecule has 0 bridgehead atoms.